The monoisotopic (exact) mass is 358 g/mol. The van der Waals surface area contributed by atoms with Crippen molar-refractivity contribution < 1.29 is 19.1 Å². The van der Waals surface area contributed by atoms with E-state index in [0.717, 1.165) is 18.4 Å². The van der Waals surface area contributed by atoms with Crippen molar-refractivity contribution in [1.29, 1.82) is 0 Å². The van der Waals surface area contributed by atoms with E-state index in [1.165, 1.54) is 32.3 Å². The number of nitrogens with one attached hydrogen (secondary N) is 2. The molecule has 140 valence electrons. The van der Waals surface area contributed by atoms with Crippen molar-refractivity contribution in [3.05, 3.63) is 41.6 Å². The third kappa shape index (κ3) is 7.09. The lowest BCUT2D eigenvalue weighted by molar-refractivity contribution is -0.145. The molecule has 0 radical (unpaired) electrons. The SMILES string of the molecule is CC(=O)N/C(=C\c1ccccc1)C(=O)OCC(=O)NCC1CCCCC1. The van der Waals surface area contributed by atoms with Crippen LogP contribution >= 0.6 is 0 Å². The second-order valence-electron chi connectivity index (χ2n) is 6.53. The molecule has 0 aromatic heterocycles. The molecule has 1 aromatic rings. The zero-order valence-corrected chi connectivity index (χ0v) is 15.1. The molecule has 0 saturated heterocycles. The van der Waals surface area contributed by atoms with Gasteiger partial charge < -0.3 is 15.4 Å². The molecule has 0 atom stereocenters. The van der Waals surface area contributed by atoms with Crippen LogP contribution in [0.4, 0.5) is 0 Å². The van der Waals surface area contributed by atoms with E-state index in [1.807, 2.05) is 18.2 Å². The number of benzene rings is 1. The normalized spacial score (nSPS) is 15.2. The number of hydrogen-bond acceptors (Lipinski definition) is 4. The summed E-state index contributed by atoms with van der Waals surface area (Å²) in [6.45, 7) is 1.56. The van der Waals surface area contributed by atoms with Crippen LogP contribution in [0, 0.1) is 5.92 Å². The summed E-state index contributed by atoms with van der Waals surface area (Å²) in [4.78, 5) is 35.4. The predicted octanol–water partition coefficient (Wildman–Crippen LogP) is 2.40. The Morgan fingerprint density at radius 2 is 1.81 bits per heavy atom. The van der Waals surface area contributed by atoms with Crippen molar-refractivity contribution in [2.75, 3.05) is 13.2 Å². The minimum Gasteiger partial charge on any atom is -0.451 e. The van der Waals surface area contributed by atoms with Gasteiger partial charge in [0.25, 0.3) is 5.91 Å². The van der Waals surface area contributed by atoms with Crippen LogP contribution in [0.3, 0.4) is 0 Å². The molecule has 1 fully saturated rings. The van der Waals surface area contributed by atoms with Crippen LogP contribution < -0.4 is 10.6 Å². The number of esters is 1. The topological polar surface area (TPSA) is 84.5 Å². The van der Waals surface area contributed by atoms with Gasteiger partial charge in [-0.3, -0.25) is 9.59 Å². The van der Waals surface area contributed by atoms with E-state index >= 15 is 0 Å². The first kappa shape index (κ1) is 19.7. The molecule has 2 rings (SSSR count). The van der Waals surface area contributed by atoms with Crippen LogP contribution in [0.15, 0.2) is 36.0 Å². The molecular formula is C20H26N2O4. The van der Waals surface area contributed by atoms with Crippen molar-refractivity contribution in [3.8, 4) is 0 Å². The van der Waals surface area contributed by atoms with Crippen LogP contribution in [0.2, 0.25) is 0 Å². The fourth-order valence-electron chi connectivity index (χ4n) is 2.96. The fraction of sp³-hybridized carbons (Fsp3) is 0.450. The van der Waals surface area contributed by atoms with E-state index in [1.54, 1.807) is 12.1 Å². The Bertz CT molecular complexity index is 649. The zero-order chi connectivity index (χ0) is 18.8. The maximum absolute atomic E-state index is 12.2. The lowest BCUT2D eigenvalue weighted by Gasteiger charge is -2.21. The molecule has 1 saturated carbocycles. The molecule has 6 nitrogen and oxygen atoms in total. The summed E-state index contributed by atoms with van der Waals surface area (Å²) in [7, 11) is 0. The van der Waals surface area contributed by atoms with Crippen LogP contribution in [0.1, 0.15) is 44.6 Å². The highest BCUT2D eigenvalue weighted by Crippen LogP contribution is 2.22. The molecule has 2 amide bonds. The lowest BCUT2D eigenvalue weighted by Crippen LogP contribution is -2.34. The van der Waals surface area contributed by atoms with Gasteiger partial charge in [-0.2, -0.15) is 0 Å². The Hall–Kier alpha value is -2.63. The smallest absolute Gasteiger partial charge is 0.355 e. The summed E-state index contributed by atoms with van der Waals surface area (Å²) in [5.41, 5.74) is 0.749. The summed E-state index contributed by atoms with van der Waals surface area (Å²) < 4.78 is 5.04. The predicted molar refractivity (Wildman–Crippen MR) is 98.8 cm³/mol. The number of carbonyl (C=O) groups excluding carboxylic acids is 3. The van der Waals surface area contributed by atoms with Crippen molar-refractivity contribution in [1.82, 2.24) is 10.6 Å². The van der Waals surface area contributed by atoms with E-state index in [9.17, 15) is 14.4 Å². The van der Waals surface area contributed by atoms with Crippen molar-refractivity contribution in [2.45, 2.75) is 39.0 Å². The van der Waals surface area contributed by atoms with E-state index in [4.69, 9.17) is 4.74 Å². The first-order valence-corrected chi connectivity index (χ1v) is 9.03. The molecule has 0 bridgehead atoms. The Morgan fingerprint density at radius 3 is 2.46 bits per heavy atom. The second kappa shape index (κ2) is 10.4. The van der Waals surface area contributed by atoms with Gasteiger partial charge in [0.1, 0.15) is 5.70 Å². The summed E-state index contributed by atoms with van der Waals surface area (Å²) in [5.74, 6) is -0.940. The standard InChI is InChI=1S/C20H26N2O4/c1-15(23)22-18(12-16-8-4-2-5-9-16)20(25)26-14-19(24)21-13-17-10-6-3-7-11-17/h2,4-5,8-9,12,17H,3,6-7,10-11,13-14H2,1H3,(H,21,24)(H,22,23)/b18-12-. The van der Waals surface area contributed by atoms with Crippen molar-refractivity contribution in [3.63, 3.8) is 0 Å². The Kier molecular flexibility index (Phi) is 7.86. The first-order valence-electron chi connectivity index (χ1n) is 9.03. The van der Waals surface area contributed by atoms with Crippen LogP contribution in [0.5, 0.6) is 0 Å². The van der Waals surface area contributed by atoms with E-state index in [-0.39, 0.29) is 24.1 Å². The minimum atomic E-state index is -0.739. The number of carbonyl (C=O) groups is 3. The minimum absolute atomic E-state index is 0.00350. The zero-order valence-electron chi connectivity index (χ0n) is 15.1. The van der Waals surface area contributed by atoms with E-state index in [0.29, 0.717) is 12.5 Å². The molecule has 0 heterocycles. The summed E-state index contributed by atoms with van der Waals surface area (Å²) in [5, 5.41) is 5.27. The van der Waals surface area contributed by atoms with Gasteiger partial charge in [-0.1, -0.05) is 49.6 Å². The molecule has 1 aromatic carbocycles. The summed E-state index contributed by atoms with van der Waals surface area (Å²) in [6, 6.07) is 9.09. The highest BCUT2D eigenvalue weighted by atomic mass is 16.5. The Balaban J connectivity index is 1.85. The van der Waals surface area contributed by atoms with E-state index < -0.39 is 5.97 Å². The summed E-state index contributed by atoms with van der Waals surface area (Å²) >= 11 is 0. The highest BCUT2D eigenvalue weighted by Gasteiger charge is 2.17. The quantitative estimate of drug-likeness (QED) is 0.579. The van der Waals surface area contributed by atoms with Gasteiger partial charge in [0.05, 0.1) is 0 Å². The fourth-order valence-corrected chi connectivity index (χ4v) is 2.96. The van der Waals surface area contributed by atoms with Crippen LogP contribution in [-0.4, -0.2) is 30.9 Å². The second-order valence-corrected chi connectivity index (χ2v) is 6.53. The molecule has 0 unspecified atom stereocenters. The average molecular weight is 358 g/mol. The number of amides is 2. The third-order valence-corrected chi connectivity index (χ3v) is 4.29. The van der Waals surface area contributed by atoms with E-state index in [2.05, 4.69) is 10.6 Å². The Morgan fingerprint density at radius 1 is 1.12 bits per heavy atom. The van der Waals surface area contributed by atoms with Gasteiger partial charge >= 0.3 is 5.97 Å². The maximum Gasteiger partial charge on any atom is 0.355 e. The van der Waals surface area contributed by atoms with Gasteiger partial charge in [0.2, 0.25) is 5.91 Å². The number of rotatable bonds is 7. The van der Waals surface area contributed by atoms with Gasteiger partial charge in [0, 0.05) is 13.5 Å². The number of ether oxygens (including phenoxy) is 1. The van der Waals surface area contributed by atoms with Crippen molar-refractivity contribution in [2.24, 2.45) is 5.92 Å². The van der Waals surface area contributed by atoms with Gasteiger partial charge in [-0.05, 0) is 30.4 Å². The average Bonchev–Trinajstić information content (AvgIpc) is 2.65. The first-order chi connectivity index (χ1) is 12.5. The molecule has 1 aliphatic rings. The molecule has 26 heavy (non-hydrogen) atoms. The number of hydrogen-bond donors (Lipinski definition) is 2. The molecule has 1 aliphatic carbocycles. The van der Waals surface area contributed by atoms with Crippen LogP contribution in [-0.2, 0) is 19.1 Å². The third-order valence-electron chi connectivity index (χ3n) is 4.29. The van der Waals surface area contributed by atoms with Gasteiger partial charge in [-0.15, -0.1) is 0 Å². The lowest BCUT2D eigenvalue weighted by atomic mass is 9.89. The molecule has 2 N–H and O–H groups in total. The van der Waals surface area contributed by atoms with Crippen molar-refractivity contribution >= 4 is 23.9 Å². The van der Waals surface area contributed by atoms with Gasteiger partial charge in [-0.25, -0.2) is 4.79 Å². The van der Waals surface area contributed by atoms with Crippen LogP contribution in [0.25, 0.3) is 6.08 Å². The maximum atomic E-state index is 12.2. The summed E-state index contributed by atoms with van der Waals surface area (Å²) in [6.07, 6.45) is 7.46. The molecule has 0 aliphatic heterocycles. The molecule has 0 spiro atoms. The molecular weight excluding hydrogens is 332 g/mol. The highest BCUT2D eigenvalue weighted by molar-refractivity contribution is 5.98. The molecule has 6 heteroatoms. The Labute approximate surface area is 154 Å². The van der Waals surface area contributed by atoms with Gasteiger partial charge in [0.15, 0.2) is 6.61 Å². The largest absolute Gasteiger partial charge is 0.451 e.